The van der Waals surface area contributed by atoms with E-state index in [9.17, 15) is 43.2 Å². The molecule has 0 saturated carbocycles. The van der Waals surface area contributed by atoms with E-state index in [1.54, 1.807) is 0 Å². The van der Waals surface area contributed by atoms with Crippen molar-refractivity contribution in [2.75, 3.05) is 39.6 Å². The number of rotatable bonds is 62. The fourth-order valence-corrected chi connectivity index (χ4v) is 11.0. The van der Waals surface area contributed by atoms with Crippen LogP contribution < -0.4 is 0 Å². The van der Waals surface area contributed by atoms with Gasteiger partial charge in [0.2, 0.25) is 0 Å². The highest BCUT2D eigenvalue weighted by atomic mass is 31.2. The van der Waals surface area contributed by atoms with E-state index >= 15 is 0 Å². The molecule has 19 heteroatoms. The normalized spacial score (nSPS) is 15.0. The van der Waals surface area contributed by atoms with Crippen LogP contribution in [0.5, 0.6) is 0 Å². The summed E-state index contributed by atoms with van der Waals surface area (Å²) in [6, 6.07) is 0. The highest BCUT2D eigenvalue weighted by molar-refractivity contribution is 7.47. The van der Waals surface area contributed by atoms with Crippen molar-refractivity contribution < 1.29 is 80.2 Å². The Morgan fingerprint density at radius 2 is 0.614 bits per heavy atom. The summed E-state index contributed by atoms with van der Waals surface area (Å²) < 4.78 is 67.9. The minimum Gasteiger partial charge on any atom is -0.462 e. The maximum atomic E-state index is 13.0. The van der Waals surface area contributed by atoms with Crippen LogP contribution in [0.3, 0.4) is 0 Å². The van der Waals surface area contributed by atoms with Gasteiger partial charge in [-0.2, -0.15) is 0 Å². The van der Waals surface area contributed by atoms with Gasteiger partial charge in [0.25, 0.3) is 0 Å². The van der Waals surface area contributed by atoms with Crippen LogP contribution in [-0.2, 0) is 65.4 Å². The summed E-state index contributed by atoms with van der Waals surface area (Å²) in [5, 5.41) is 10.5. The van der Waals surface area contributed by atoms with Gasteiger partial charge in [0, 0.05) is 25.7 Å². The number of carbonyl (C=O) groups excluding carboxylic acids is 4. The monoisotopic (exact) mass is 1230 g/mol. The smallest absolute Gasteiger partial charge is 0.462 e. The Labute approximate surface area is 505 Å². The van der Waals surface area contributed by atoms with Gasteiger partial charge in [-0.05, 0) is 43.4 Å². The average molecular weight is 1230 g/mol. The summed E-state index contributed by atoms with van der Waals surface area (Å²) in [5.74, 6) is 0.135. The molecule has 0 rings (SSSR count). The molecule has 0 amide bonds. The number of carbonyl (C=O) groups is 4. The van der Waals surface area contributed by atoms with Crippen LogP contribution in [0.15, 0.2) is 0 Å². The maximum absolute atomic E-state index is 13.0. The number of aliphatic hydroxyl groups is 1. The van der Waals surface area contributed by atoms with Gasteiger partial charge in [-0.1, -0.05) is 260 Å². The molecule has 492 valence electrons. The highest BCUT2D eigenvalue weighted by Gasteiger charge is 2.30. The molecule has 0 aliphatic carbocycles. The molecule has 0 aliphatic heterocycles. The first-order valence-corrected chi connectivity index (χ1v) is 36.4. The summed E-state index contributed by atoms with van der Waals surface area (Å²) in [6.45, 7) is 11.7. The molecule has 0 saturated heterocycles. The fourth-order valence-electron chi connectivity index (χ4n) is 9.42. The van der Waals surface area contributed by atoms with Crippen LogP contribution >= 0.6 is 15.6 Å². The van der Waals surface area contributed by atoms with Crippen LogP contribution in [0.25, 0.3) is 0 Å². The van der Waals surface area contributed by atoms with Gasteiger partial charge in [-0.25, -0.2) is 9.13 Å². The molecule has 0 aromatic rings. The molecule has 0 radical (unpaired) electrons. The molecular formula is C64H124O17P2. The Morgan fingerprint density at radius 1 is 0.349 bits per heavy atom. The maximum Gasteiger partial charge on any atom is 0.472 e. The van der Waals surface area contributed by atoms with Crippen molar-refractivity contribution in [1.82, 2.24) is 0 Å². The lowest BCUT2D eigenvalue weighted by atomic mass is 9.99. The molecule has 17 nitrogen and oxygen atoms in total. The van der Waals surface area contributed by atoms with Crippen LogP contribution in [0.1, 0.15) is 312 Å². The summed E-state index contributed by atoms with van der Waals surface area (Å²) in [7, 11) is -9.88. The summed E-state index contributed by atoms with van der Waals surface area (Å²) >= 11 is 0. The molecule has 0 aliphatic rings. The van der Waals surface area contributed by atoms with Crippen LogP contribution in [0.4, 0.5) is 0 Å². The van der Waals surface area contributed by atoms with Crippen LogP contribution in [0, 0.1) is 17.8 Å². The van der Waals surface area contributed by atoms with E-state index in [0.717, 1.165) is 115 Å². The van der Waals surface area contributed by atoms with Gasteiger partial charge in [0.05, 0.1) is 26.4 Å². The molecule has 0 aromatic carbocycles. The summed E-state index contributed by atoms with van der Waals surface area (Å²) in [4.78, 5) is 72.1. The molecule has 4 unspecified atom stereocenters. The lowest BCUT2D eigenvalue weighted by Gasteiger charge is -2.21. The topological polar surface area (TPSA) is 237 Å². The Balaban J connectivity index is 5.24. The molecule has 0 spiro atoms. The molecule has 7 atom stereocenters. The van der Waals surface area contributed by atoms with Gasteiger partial charge in [-0.3, -0.25) is 37.3 Å². The molecule has 0 fully saturated rings. The zero-order chi connectivity index (χ0) is 61.7. The van der Waals surface area contributed by atoms with Gasteiger partial charge in [0.15, 0.2) is 12.2 Å². The van der Waals surface area contributed by atoms with Crippen molar-refractivity contribution >= 4 is 39.5 Å². The van der Waals surface area contributed by atoms with Crippen molar-refractivity contribution in [2.45, 2.75) is 330 Å². The molecule has 3 N–H and O–H groups in total. The van der Waals surface area contributed by atoms with Crippen LogP contribution in [-0.4, -0.2) is 96.7 Å². The molecule has 0 bridgehead atoms. The van der Waals surface area contributed by atoms with E-state index in [4.69, 9.17) is 37.0 Å². The molecule has 83 heavy (non-hydrogen) atoms. The molecular weight excluding hydrogens is 1100 g/mol. The number of phosphoric acid groups is 2. The number of aliphatic hydroxyl groups excluding tert-OH is 1. The standard InChI is InChI=1S/C64H124O17P2/c1-8-11-12-13-21-31-38-45-61(66)74-51-59(81-64(69)48-41-34-27-20-22-28-35-42-55(4)5)53-78-82(70,71)76-49-58(65)50-77-83(72,73)79-54-60(52-75-62(67)46-39-32-25-19-18-24-30-37-44-57(7)10-3)80-63(68)47-40-33-26-17-15-14-16-23-29-36-43-56(6)9-2/h55-60,65H,8-54H2,1-7H3,(H,70,71)(H,72,73)/t56?,57?,58-,59+,60+/m0/s1. The fraction of sp³-hybridized carbons (Fsp3) is 0.938. The van der Waals surface area contributed by atoms with E-state index in [2.05, 4.69) is 48.5 Å². The Bertz CT molecular complexity index is 1650. The van der Waals surface area contributed by atoms with Crippen molar-refractivity contribution in [3.8, 4) is 0 Å². The third kappa shape index (κ3) is 56.3. The largest absolute Gasteiger partial charge is 0.472 e. The van der Waals surface area contributed by atoms with Crippen molar-refractivity contribution in [2.24, 2.45) is 17.8 Å². The van der Waals surface area contributed by atoms with E-state index in [1.807, 2.05) is 0 Å². The third-order valence-corrected chi connectivity index (χ3v) is 17.3. The van der Waals surface area contributed by atoms with E-state index in [-0.39, 0.29) is 25.7 Å². The minimum absolute atomic E-state index is 0.103. The first-order chi connectivity index (χ1) is 39.8. The second-order valence-corrected chi connectivity index (χ2v) is 27.0. The van der Waals surface area contributed by atoms with Gasteiger partial charge in [-0.15, -0.1) is 0 Å². The predicted octanol–water partition coefficient (Wildman–Crippen LogP) is 17.5. The van der Waals surface area contributed by atoms with Gasteiger partial charge in [0.1, 0.15) is 19.3 Å². The Morgan fingerprint density at radius 3 is 0.916 bits per heavy atom. The minimum atomic E-state index is -4.95. The lowest BCUT2D eigenvalue weighted by molar-refractivity contribution is -0.161. The Hall–Kier alpha value is -1.94. The first-order valence-electron chi connectivity index (χ1n) is 33.4. The Kier molecular flexibility index (Phi) is 54.1. The summed E-state index contributed by atoms with van der Waals surface area (Å²) in [5.41, 5.74) is 0. The lowest BCUT2D eigenvalue weighted by Crippen LogP contribution is -2.30. The van der Waals surface area contributed by atoms with E-state index < -0.39 is 97.5 Å². The first kappa shape index (κ1) is 81.1. The third-order valence-electron chi connectivity index (χ3n) is 15.4. The molecule has 0 aromatic heterocycles. The SMILES string of the molecule is CCCCCCCCCC(=O)OC[C@H](COP(=O)(O)OC[C@H](O)COP(=O)(O)OC[C@@H](COC(=O)CCCCCCCCCCC(C)CC)OC(=O)CCCCCCCCCCCCC(C)CC)OC(=O)CCCCCCCCCC(C)C. The zero-order valence-corrected chi connectivity index (χ0v) is 55.4. The number of ether oxygens (including phenoxy) is 4. The highest BCUT2D eigenvalue weighted by Crippen LogP contribution is 2.45. The molecule has 0 heterocycles. The number of hydrogen-bond donors (Lipinski definition) is 3. The van der Waals surface area contributed by atoms with Crippen molar-refractivity contribution in [3.05, 3.63) is 0 Å². The zero-order valence-electron chi connectivity index (χ0n) is 53.6. The predicted molar refractivity (Wildman–Crippen MR) is 331 cm³/mol. The van der Waals surface area contributed by atoms with Gasteiger partial charge >= 0.3 is 39.5 Å². The second kappa shape index (κ2) is 55.4. The quantitative estimate of drug-likeness (QED) is 0.0222. The van der Waals surface area contributed by atoms with Crippen LogP contribution in [0.2, 0.25) is 0 Å². The number of unbranched alkanes of at least 4 members (excludes halogenated alkanes) is 28. The number of esters is 4. The number of hydrogen-bond acceptors (Lipinski definition) is 15. The summed E-state index contributed by atoms with van der Waals surface area (Å²) in [6.07, 6.45) is 36.3. The second-order valence-electron chi connectivity index (χ2n) is 24.1. The van der Waals surface area contributed by atoms with E-state index in [0.29, 0.717) is 31.6 Å². The van der Waals surface area contributed by atoms with Crippen molar-refractivity contribution in [3.63, 3.8) is 0 Å². The van der Waals surface area contributed by atoms with Gasteiger partial charge < -0.3 is 33.8 Å². The van der Waals surface area contributed by atoms with Crippen molar-refractivity contribution in [1.29, 1.82) is 0 Å². The van der Waals surface area contributed by atoms with E-state index in [1.165, 1.54) is 109 Å². The number of phosphoric ester groups is 2. The average Bonchev–Trinajstić information content (AvgIpc) is 3.47.